The summed E-state index contributed by atoms with van der Waals surface area (Å²) in [5.41, 5.74) is -0.0661. The SMILES string of the molecule is CCNC(=NCC1(C)CCCCC1O)N1CCC(COCC)C1.I. The second-order valence-electron chi connectivity index (χ2n) is 7.35. The van der Waals surface area contributed by atoms with Gasteiger partial charge in [0.2, 0.25) is 0 Å². The van der Waals surface area contributed by atoms with Crippen LogP contribution >= 0.6 is 24.0 Å². The van der Waals surface area contributed by atoms with Crippen LogP contribution in [-0.2, 0) is 4.74 Å². The smallest absolute Gasteiger partial charge is 0.193 e. The number of nitrogens with zero attached hydrogens (tertiary/aromatic N) is 2. The molecule has 0 aromatic rings. The van der Waals surface area contributed by atoms with Gasteiger partial charge in [0.15, 0.2) is 5.96 Å². The summed E-state index contributed by atoms with van der Waals surface area (Å²) in [6.07, 6.45) is 5.30. The van der Waals surface area contributed by atoms with E-state index in [1.807, 2.05) is 0 Å². The van der Waals surface area contributed by atoms with E-state index in [2.05, 4.69) is 31.0 Å². The lowest BCUT2D eigenvalue weighted by Gasteiger charge is -2.37. The topological polar surface area (TPSA) is 57.1 Å². The van der Waals surface area contributed by atoms with Crippen LogP contribution in [-0.4, -0.2) is 61.5 Å². The summed E-state index contributed by atoms with van der Waals surface area (Å²) in [4.78, 5) is 7.24. The van der Waals surface area contributed by atoms with Crippen molar-refractivity contribution in [2.45, 2.75) is 59.0 Å². The lowest BCUT2D eigenvalue weighted by molar-refractivity contribution is 0.00705. The van der Waals surface area contributed by atoms with Crippen LogP contribution in [0.5, 0.6) is 0 Å². The highest BCUT2D eigenvalue weighted by atomic mass is 127. The first kappa shape index (κ1) is 22.0. The Morgan fingerprint density at radius 1 is 1.33 bits per heavy atom. The third-order valence-corrected chi connectivity index (χ3v) is 5.35. The molecule has 1 saturated heterocycles. The summed E-state index contributed by atoms with van der Waals surface area (Å²) in [5, 5.41) is 13.8. The molecule has 1 aliphatic heterocycles. The van der Waals surface area contributed by atoms with Crippen molar-refractivity contribution in [2.24, 2.45) is 16.3 Å². The highest BCUT2D eigenvalue weighted by Crippen LogP contribution is 2.36. The second-order valence-corrected chi connectivity index (χ2v) is 7.35. The molecule has 3 unspecified atom stereocenters. The van der Waals surface area contributed by atoms with Gasteiger partial charge in [-0.1, -0.05) is 19.8 Å². The van der Waals surface area contributed by atoms with Crippen molar-refractivity contribution in [1.82, 2.24) is 10.2 Å². The summed E-state index contributed by atoms with van der Waals surface area (Å²) in [6, 6.07) is 0. The van der Waals surface area contributed by atoms with Crippen LogP contribution in [0.3, 0.4) is 0 Å². The summed E-state index contributed by atoms with van der Waals surface area (Å²) < 4.78 is 5.57. The average Bonchev–Trinajstić information content (AvgIpc) is 3.01. The molecule has 2 rings (SSSR count). The van der Waals surface area contributed by atoms with E-state index in [0.29, 0.717) is 12.5 Å². The first-order valence-corrected chi connectivity index (χ1v) is 9.38. The number of halogens is 1. The standard InChI is InChI=1S/C18H35N3O2.HI/c1-4-19-17(21-11-9-15(12-21)13-23-5-2)20-14-18(3)10-7-6-8-16(18)22;/h15-16,22H,4-14H2,1-3H3,(H,19,20);1H. The molecule has 0 amide bonds. The fourth-order valence-corrected chi connectivity index (χ4v) is 3.69. The Morgan fingerprint density at radius 3 is 2.79 bits per heavy atom. The van der Waals surface area contributed by atoms with Crippen molar-refractivity contribution in [2.75, 3.05) is 39.4 Å². The van der Waals surface area contributed by atoms with Crippen molar-refractivity contribution < 1.29 is 9.84 Å². The molecule has 0 bridgehead atoms. The molecule has 0 radical (unpaired) electrons. The Hall–Kier alpha value is -0.0800. The Labute approximate surface area is 164 Å². The minimum absolute atomic E-state index is 0. The number of rotatable bonds is 6. The van der Waals surface area contributed by atoms with Gasteiger partial charge in [-0.3, -0.25) is 4.99 Å². The fraction of sp³-hybridized carbons (Fsp3) is 0.944. The molecular weight excluding hydrogens is 417 g/mol. The Bertz CT molecular complexity index is 394. The van der Waals surface area contributed by atoms with Crippen LogP contribution in [0.2, 0.25) is 0 Å². The number of hydrogen-bond donors (Lipinski definition) is 2. The number of guanidine groups is 1. The molecule has 2 fully saturated rings. The lowest BCUT2D eigenvalue weighted by atomic mass is 9.73. The van der Waals surface area contributed by atoms with Crippen LogP contribution in [0.25, 0.3) is 0 Å². The van der Waals surface area contributed by atoms with Gasteiger partial charge in [0.1, 0.15) is 0 Å². The lowest BCUT2D eigenvalue weighted by Crippen LogP contribution is -2.43. The zero-order valence-electron chi connectivity index (χ0n) is 15.6. The maximum absolute atomic E-state index is 10.4. The van der Waals surface area contributed by atoms with E-state index in [1.54, 1.807) is 0 Å². The monoisotopic (exact) mass is 453 g/mol. The number of aliphatic imine (C=N–C) groups is 1. The van der Waals surface area contributed by atoms with Gasteiger partial charge in [-0.05, 0) is 33.1 Å². The number of hydrogen-bond acceptors (Lipinski definition) is 3. The summed E-state index contributed by atoms with van der Waals surface area (Å²) in [5.74, 6) is 1.61. The highest BCUT2D eigenvalue weighted by molar-refractivity contribution is 14.0. The molecule has 0 aromatic heterocycles. The van der Waals surface area contributed by atoms with Crippen molar-refractivity contribution in [1.29, 1.82) is 0 Å². The number of aliphatic hydroxyl groups excluding tert-OH is 1. The Balaban J connectivity index is 0.00000288. The Morgan fingerprint density at radius 2 is 2.12 bits per heavy atom. The van der Waals surface area contributed by atoms with E-state index in [9.17, 15) is 5.11 Å². The molecule has 24 heavy (non-hydrogen) atoms. The number of nitrogens with one attached hydrogen (secondary N) is 1. The molecule has 1 heterocycles. The number of likely N-dealkylation sites (tertiary alicyclic amines) is 1. The second kappa shape index (κ2) is 10.8. The van der Waals surface area contributed by atoms with Gasteiger partial charge in [-0.25, -0.2) is 0 Å². The molecule has 5 nitrogen and oxygen atoms in total. The van der Waals surface area contributed by atoms with Gasteiger partial charge < -0.3 is 20.1 Å². The summed E-state index contributed by atoms with van der Waals surface area (Å²) >= 11 is 0. The van der Waals surface area contributed by atoms with Crippen LogP contribution in [0, 0.1) is 11.3 Å². The highest BCUT2D eigenvalue weighted by Gasteiger charge is 2.35. The van der Waals surface area contributed by atoms with Gasteiger partial charge in [0, 0.05) is 37.6 Å². The van der Waals surface area contributed by atoms with Crippen molar-refractivity contribution in [3.63, 3.8) is 0 Å². The van der Waals surface area contributed by atoms with E-state index in [-0.39, 0.29) is 35.5 Å². The van der Waals surface area contributed by atoms with Crippen molar-refractivity contribution >= 4 is 29.9 Å². The van der Waals surface area contributed by atoms with Crippen LogP contribution in [0.1, 0.15) is 52.9 Å². The van der Waals surface area contributed by atoms with E-state index < -0.39 is 0 Å². The molecule has 1 aliphatic carbocycles. The van der Waals surface area contributed by atoms with E-state index >= 15 is 0 Å². The third kappa shape index (κ3) is 6.02. The quantitative estimate of drug-likeness (QED) is 0.369. The van der Waals surface area contributed by atoms with Crippen LogP contribution in [0.4, 0.5) is 0 Å². The molecule has 142 valence electrons. The number of ether oxygens (including phenoxy) is 1. The third-order valence-electron chi connectivity index (χ3n) is 5.35. The first-order valence-electron chi connectivity index (χ1n) is 9.38. The molecule has 0 aromatic carbocycles. The van der Waals surface area contributed by atoms with Gasteiger partial charge >= 0.3 is 0 Å². The molecule has 2 N–H and O–H groups in total. The van der Waals surface area contributed by atoms with Crippen LogP contribution in [0.15, 0.2) is 4.99 Å². The van der Waals surface area contributed by atoms with Gasteiger partial charge in [0.05, 0.1) is 19.3 Å². The maximum atomic E-state index is 10.4. The zero-order chi connectivity index (χ0) is 16.7. The molecule has 2 aliphatic rings. The fourth-order valence-electron chi connectivity index (χ4n) is 3.69. The van der Waals surface area contributed by atoms with E-state index in [0.717, 1.165) is 58.1 Å². The molecule has 3 atom stereocenters. The minimum Gasteiger partial charge on any atom is -0.392 e. The van der Waals surface area contributed by atoms with Gasteiger partial charge in [0.25, 0.3) is 0 Å². The molecular formula is C18H36IN3O2. The molecule has 0 spiro atoms. The minimum atomic E-state index is -0.216. The summed E-state index contributed by atoms with van der Waals surface area (Å²) in [7, 11) is 0. The molecule has 1 saturated carbocycles. The number of aliphatic hydroxyl groups is 1. The normalized spacial score (nSPS) is 31.0. The maximum Gasteiger partial charge on any atom is 0.193 e. The van der Waals surface area contributed by atoms with E-state index in [4.69, 9.17) is 9.73 Å². The average molecular weight is 453 g/mol. The van der Waals surface area contributed by atoms with Gasteiger partial charge in [-0.2, -0.15) is 0 Å². The summed E-state index contributed by atoms with van der Waals surface area (Å²) in [6.45, 7) is 11.6. The first-order chi connectivity index (χ1) is 11.1. The van der Waals surface area contributed by atoms with Crippen LogP contribution < -0.4 is 5.32 Å². The van der Waals surface area contributed by atoms with Gasteiger partial charge in [-0.15, -0.1) is 24.0 Å². The molecule has 6 heteroatoms. The largest absolute Gasteiger partial charge is 0.392 e. The predicted octanol–water partition coefficient (Wildman–Crippen LogP) is 2.87. The zero-order valence-corrected chi connectivity index (χ0v) is 17.9. The van der Waals surface area contributed by atoms with Crippen molar-refractivity contribution in [3.05, 3.63) is 0 Å². The van der Waals surface area contributed by atoms with Crippen molar-refractivity contribution in [3.8, 4) is 0 Å². The van der Waals surface area contributed by atoms with E-state index in [1.165, 1.54) is 12.8 Å². The predicted molar refractivity (Wildman–Crippen MR) is 110 cm³/mol. The Kier molecular flexibility index (Phi) is 9.89.